The molecule has 1 heterocycles. The van der Waals surface area contributed by atoms with Crippen molar-refractivity contribution >= 4 is 5.78 Å². The summed E-state index contributed by atoms with van der Waals surface area (Å²) in [5.41, 5.74) is 2.05. The van der Waals surface area contributed by atoms with E-state index < -0.39 is 0 Å². The number of nitrogens with zero attached hydrogens (tertiary/aromatic N) is 1. The Morgan fingerprint density at radius 1 is 1.22 bits per heavy atom. The van der Waals surface area contributed by atoms with Crippen LogP contribution in [0.2, 0.25) is 0 Å². The first-order valence-electron chi connectivity index (χ1n) is 6.81. The van der Waals surface area contributed by atoms with Gasteiger partial charge in [-0.05, 0) is 45.6 Å². The van der Waals surface area contributed by atoms with Gasteiger partial charge in [-0.25, -0.2) is 0 Å². The molecule has 3 nitrogen and oxygen atoms in total. The lowest BCUT2D eigenvalue weighted by Crippen LogP contribution is -2.21. The zero-order valence-electron chi connectivity index (χ0n) is 11.7. The molecule has 0 saturated carbocycles. The molecule has 0 aliphatic heterocycles. The first-order valence-corrected chi connectivity index (χ1v) is 6.81. The summed E-state index contributed by atoms with van der Waals surface area (Å²) in [4.78, 5) is 11.9. The van der Waals surface area contributed by atoms with Crippen molar-refractivity contribution in [2.75, 3.05) is 6.61 Å². The average Bonchev–Trinajstić information content (AvgIpc) is 2.58. The highest BCUT2D eigenvalue weighted by Gasteiger charge is 2.17. The predicted molar refractivity (Wildman–Crippen MR) is 72.0 cm³/mol. The van der Waals surface area contributed by atoms with Crippen LogP contribution in [-0.4, -0.2) is 22.6 Å². The summed E-state index contributed by atoms with van der Waals surface area (Å²) < 4.78 is 7.81. The maximum absolute atomic E-state index is 11.9. The molecule has 0 N–H and O–H groups in total. The molecule has 3 heteroatoms. The molecule has 2 rings (SSSR count). The van der Waals surface area contributed by atoms with Gasteiger partial charge in [0.1, 0.15) is 0 Å². The van der Waals surface area contributed by atoms with Crippen LogP contribution in [-0.2, 0) is 17.7 Å². The number of ether oxygens (including phenoxy) is 1. The molecule has 0 amide bonds. The van der Waals surface area contributed by atoms with Gasteiger partial charge in [0.15, 0.2) is 5.78 Å². The van der Waals surface area contributed by atoms with Crippen molar-refractivity contribution < 1.29 is 9.53 Å². The molecular weight excluding hydrogens is 226 g/mol. The number of hydrogen-bond donors (Lipinski definition) is 0. The Bertz CT molecular complexity index is 426. The molecule has 0 atom stereocenters. The fourth-order valence-corrected chi connectivity index (χ4v) is 2.33. The van der Waals surface area contributed by atoms with E-state index in [1.54, 1.807) is 0 Å². The van der Waals surface area contributed by atoms with Crippen LogP contribution in [0, 0.1) is 0 Å². The van der Waals surface area contributed by atoms with Gasteiger partial charge in [0.05, 0.1) is 12.2 Å². The molecule has 1 aromatic heterocycles. The molecular formula is C15H23NO2. The van der Waals surface area contributed by atoms with Crippen molar-refractivity contribution in [3.8, 4) is 0 Å². The quantitative estimate of drug-likeness (QED) is 0.770. The number of ketones is 1. The van der Waals surface area contributed by atoms with Gasteiger partial charge < -0.3 is 9.30 Å². The number of hydrogen-bond acceptors (Lipinski definition) is 2. The van der Waals surface area contributed by atoms with Crippen molar-refractivity contribution in [1.29, 1.82) is 0 Å². The highest BCUT2D eigenvalue weighted by atomic mass is 16.5. The molecule has 0 saturated heterocycles. The second kappa shape index (κ2) is 5.27. The topological polar surface area (TPSA) is 31.2 Å². The van der Waals surface area contributed by atoms with E-state index >= 15 is 0 Å². The van der Waals surface area contributed by atoms with Crippen LogP contribution in [0.3, 0.4) is 0 Å². The Kier molecular flexibility index (Phi) is 3.91. The molecule has 0 aromatic carbocycles. The van der Waals surface area contributed by atoms with Gasteiger partial charge in [0, 0.05) is 30.9 Å². The second-order valence-electron chi connectivity index (χ2n) is 6.03. The standard InChI is InChI=1S/C15H23NO2/c1-15(2,3)18-9-8-16-10-12-6-4-5-7-14(17)13(12)11-16/h10-11H,4-9H2,1-3H3. The average molecular weight is 249 g/mol. The zero-order chi connectivity index (χ0) is 13.2. The molecule has 1 aromatic rings. The fourth-order valence-electron chi connectivity index (χ4n) is 2.33. The van der Waals surface area contributed by atoms with Gasteiger partial charge in [-0.3, -0.25) is 4.79 Å². The summed E-state index contributed by atoms with van der Waals surface area (Å²) in [6.07, 6.45) is 8.01. The largest absolute Gasteiger partial charge is 0.374 e. The number of carbonyl (C=O) groups is 1. The Hall–Kier alpha value is -1.09. The van der Waals surface area contributed by atoms with Gasteiger partial charge >= 0.3 is 0 Å². The number of carbonyl (C=O) groups excluding carboxylic acids is 1. The molecule has 0 bridgehead atoms. The van der Waals surface area contributed by atoms with E-state index in [0.717, 1.165) is 31.4 Å². The van der Waals surface area contributed by atoms with Crippen LogP contribution in [0.4, 0.5) is 0 Å². The minimum absolute atomic E-state index is 0.0972. The smallest absolute Gasteiger partial charge is 0.164 e. The molecule has 0 spiro atoms. The molecule has 0 unspecified atom stereocenters. The Morgan fingerprint density at radius 3 is 2.67 bits per heavy atom. The third-order valence-electron chi connectivity index (χ3n) is 3.25. The number of Topliss-reactive ketones (excluding diaryl/α,β-unsaturated/α-hetero) is 1. The monoisotopic (exact) mass is 249 g/mol. The van der Waals surface area contributed by atoms with Crippen LogP contribution < -0.4 is 0 Å². The van der Waals surface area contributed by atoms with E-state index in [0.29, 0.717) is 18.8 Å². The van der Waals surface area contributed by atoms with Crippen molar-refractivity contribution in [3.05, 3.63) is 23.5 Å². The van der Waals surface area contributed by atoms with Crippen molar-refractivity contribution in [1.82, 2.24) is 4.57 Å². The minimum Gasteiger partial charge on any atom is -0.374 e. The summed E-state index contributed by atoms with van der Waals surface area (Å²) in [7, 11) is 0. The summed E-state index contributed by atoms with van der Waals surface area (Å²) in [6, 6.07) is 0. The van der Waals surface area contributed by atoms with Crippen molar-refractivity contribution in [2.45, 2.75) is 58.6 Å². The van der Waals surface area contributed by atoms with E-state index in [-0.39, 0.29) is 5.60 Å². The maximum Gasteiger partial charge on any atom is 0.164 e. The summed E-state index contributed by atoms with van der Waals surface area (Å²) in [5, 5.41) is 0. The van der Waals surface area contributed by atoms with E-state index in [4.69, 9.17) is 4.74 Å². The maximum atomic E-state index is 11.9. The first-order chi connectivity index (χ1) is 8.46. The molecule has 18 heavy (non-hydrogen) atoms. The van der Waals surface area contributed by atoms with Gasteiger partial charge in [-0.2, -0.15) is 0 Å². The Labute approximate surface area is 109 Å². The van der Waals surface area contributed by atoms with Crippen LogP contribution >= 0.6 is 0 Å². The van der Waals surface area contributed by atoms with Crippen LogP contribution in [0.1, 0.15) is 56.0 Å². The summed E-state index contributed by atoms with van der Waals surface area (Å²) >= 11 is 0. The van der Waals surface area contributed by atoms with E-state index in [1.807, 2.05) is 6.20 Å². The van der Waals surface area contributed by atoms with E-state index in [2.05, 4.69) is 31.5 Å². The predicted octanol–water partition coefficient (Wildman–Crippen LogP) is 3.21. The van der Waals surface area contributed by atoms with Crippen molar-refractivity contribution in [3.63, 3.8) is 0 Å². The lowest BCUT2D eigenvalue weighted by atomic mass is 10.1. The minimum atomic E-state index is -0.0972. The Morgan fingerprint density at radius 2 is 1.94 bits per heavy atom. The molecule has 1 aliphatic carbocycles. The van der Waals surface area contributed by atoms with Crippen LogP contribution in [0.5, 0.6) is 0 Å². The lowest BCUT2D eigenvalue weighted by Gasteiger charge is -2.19. The fraction of sp³-hybridized carbons (Fsp3) is 0.667. The third-order valence-corrected chi connectivity index (χ3v) is 3.25. The van der Waals surface area contributed by atoms with Gasteiger partial charge in [0.25, 0.3) is 0 Å². The third kappa shape index (κ3) is 3.45. The number of fused-ring (bicyclic) bond motifs is 1. The Balaban J connectivity index is 1.99. The van der Waals surface area contributed by atoms with Gasteiger partial charge in [0.2, 0.25) is 0 Å². The number of rotatable bonds is 3. The second-order valence-corrected chi connectivity index (χ2v) is 6.03. The van der Waals surface area contributed by atoms with Crippen LogP contribution in [0.25, 0.3) is 0 Å². The lowest BCUT2D eigenvalue weighted by molar-refractivity contribution is -0.00681. The van der Waals surface area contributed by atoms with Crippen LogP contribution in [0.15, 0.2) is 12.4 Å². The van der Waals surface area contributed by atoms with E-state index in [1.165, 1.54) is 5.56 Å². The highest BCUT2D eigenvalue weighted by Crippen LogP contribution is 2.21. The summed E-state index contributed by atoms with van der Waals surface area (Å²) in [6.45, 7) is 7.67. The SMILES string of the molecule is CC(C)(C)OCCn1cc2c(c1)C(=O)CCCC2. The first kappa shape index (κ1) is 13.3. The molecule has 1 aliphatic rings. The molecule has 0 radical (unpaired) electrons. The molecule has 100 valence electrons. The number of aryl methyl sites for hydroxylation is 1. The van der Waals surface area contributed by atoms with Gasteiger partial charge in [-0.15, -0.1) is 0 Å². The zero-order valence-corrected chi connectivity index (χ0v) is 11.7. The highest BCUT2D eigenvalue weighted by molar-refractivity contribution is 5.97. The summed E-state index contributed by atoms with van der Waals surface area (Å²) in [5.74, 6) is 0.304. The number of aromatic nitrogens is 1. The molecule has 0 fully saturated rings. The normalized spacial score (nSPS) is 16.5. The van der Waals surface area contributed by atoms with Gasteiger partial charge in [-0.1, -0.05) is 0 Å². The van der Waals surface area contributed by atoms with Crippen molar-refractivity contribution in [2.24, 2.45) is 0 Å². The van der Waals surface area contributed by atoms with E-state index in [9.17, 15) is 4.79 Å².